The molecule has 0 amide bonds. The number of benzene rings is 1. The number of thioether (sulfide) groups is 1. The zero-order chi connectivity index (χ0) is 12.9. The Labute approximate surface area is 106 Å². The van der Waals surface area contributed by atoms with E-state index in [9.17, 15) is 8.42 Å². The summed E-state index contributed by atoms with van der Waals surface area (Å²) >= 11 is 1.83. The average Bonchev–Trinajstić information content (AvgIpc) is 2.69. The monoisotopic (exact) mass is 276 g/mol. The maximum absolute atomic E-state index is 10.5. The summed E-state index contributed by atoms with van der Waals surface area (Å²) in [6, 6.07) is 5.99. The molecule has 4 nitrogen and oxygen atoms in total. The molecule has 1 fully saturated rings. The normalized spacial score (nSPS) is 19.6. The Morgan fingerprint density at radius 3 is 2.18 bits per heavy atom. The van der Waals surface area contributed by atoms with E-state index in [0.29, 0.717) is 0 Å². The van der Waals surface area contributed by atoms with Crippen molar-refractivity contribution in [3.8, 4) is 0 Å². The summed E-state index contributed by atoms with van der Waals surface area (Å²) in [5.41, 5.74) is 0.956. The van der Waals surface area contributed by atoms with E-state index in [1.54, 1.807) is 12.1 Å². The van der Waals surface area contributed by atoms with Crippen LogP contribution in [0.2, 0.25) is 0 Å². The zero-order valence-corrected chi connectivity index (χ0v) is 11.2. The number of hydrogen-bond donors (Lipinski definition) is 2. The number of aryl methyl sites for hydroxylation is 1. The Hall–Kier alpha value is -0.560. The van der Waals surface area contributed by atoms with Crippen molar-refractivity contribution in [2.24, 2.45) is 0 Å². The smallest absolute Gasteiger partial charge is 0.294 e. The molecule has 1 atom stereocenters. The standard InChI is InChI=1S/C7H8O3S.C4H8OS/c1-6-2-4-7(5-3-6)11(8,9)10;5-4-1-2-6-3-4/h2-5H,1H3,(H,8,9,10);4-5H,1-3H2/t;4-/m.1/s1. The average molecular weight is 276 g/mol. The van der Waals surface area contributed by atoms with E-state index in [0.717, 1.165) is 23.5 Å². The predicted octanol–water partition coefficient (Wildman–Crippen LogP) is 1.73. The van der Waals surface area contributed by atoms with Crippen LogP contribution in [0.3, 0.4) is 0 Å². The van der Waals surface area contributed by atoms with Gasteiger partial charge in [0.1, 0.15) is 0 Å². The third-order valence-corrected chi connectivity index (χ3v) is 4.24. The summed E-state index contributed by atoms with van der Waals surface area (Å²) in [6.07, 6.45) is 1.01. The quantitative estimate of drug-likeness (QED) is 0.764. The van der Waals surface area contributed by atoms with Crippen LogP contribution in [0.25, 0.3) is 0 Å². The van der Waals surface area contributed by atoms with Gasteiger partial charge in [-0.15, -0.1) is 0 Å². The van der Waals surface area contributed by atoms with Crippen molar-refractivity contribution in [2.75, 3.05) is 11.5 Å². The van der Waals surface area contributed by atoms with Crippen LogP contribution in [0, 0.1) is 6.92 Å². The second-order valence-electron chi connectivity index (χ2n) is 3.81. The van der Waals surface area contributed by atoms with Crippen molar-refractivity contribution in [3.63, 3.8) is 0 Å². The van der Waals surface area contributed by atoms with Gasteiger partial charge in [0.2, 0.25) is 0 Å². The number of aliphatic hydroxyl groups excluding tert-OH is 1. The van der Waals surface area contributed by atoms with Crippen molar-refractivity contribution in [1.29, 1.82) is 0 Å². The van der Waals surface area contributed by atoms with Gasteiger partial charge in [0, 0.05) is 5.75 Å². The summed E-state index contributed by atoms with van der Waals surface area (Å²) in [7, 11) is -4.02. The molecule has 17 heavy (non-hydrogen) atoms. The van der Waals surface area contributed by atoms with Crippen LogP contribution in [0.1, 0.15) is 12.0 Å². The van der Waals surface area contributed by atoms with Crippen molar-refractivity contribution in [2.45, 2.75) is 24.3 Å². The third-order valence-electron chi connectivity index (χ3n) is 2.22. The van der Waals surface area contributed by atoms with E-state index < -0.39 is 10.1 Å². The van der Waals surface area contributed by atoms with Crippen LogP contribution in [-0.4, -0.2) is 35.7 Å². The molecule has 96 valence electrons. The first-order chi connectivity index (χ1) is 7.89. The maximum atomic E-state index is 10.5. The lowest BCUT2D eigenvalue weighted by Crippen LogP contribution is -2.00. The lowest BCUT2D eigenvalue weighted by Gasteiger charge is -1.95. The van der Waals surface area contributed by atoms with Gasteiger partial charge in [-0.05, 0) is 31.2 Å². The molecule has 1 aromatic rings. The van der Waals surface area contributed by atoms with Crippen LogP contribution in [0.5, 0.6) is 0 Å². The Morgan fingerprint density at radius 2 is 1.88 bits per heavy atom. The van der Waals surface area contributed by atoms with Crippen molar-refractivity contribution in [3.05, 3.63) is 29.8 Å². The van der Waals surface area contributed by atoms with E-state index >= 15 is 0 Å². The van der Waals surface area contributed by atoms with Gasteiger partial charge in [0.25, 0.3) is 10.1 Å². The third kappa shape index (κ3) is 5.54. The highest BCUT2D eigenvalue weighted by atomic mass is 32.2. The van der Waals surface area contributed by atoms with E-state index in [-0.39, 0.29) is 11.0 Å². The highest BCUT2D eigenvalue weighted by molar-refractivity contribution is 7.99. The topological polar surface area (TPSA) is 74.6 Å². The summed E-state index contributed by atoms with van der Waals surface area (Å²) in [5, 5.41) is 8.71. The lowest BCUT2D eigenvalue weighted by atomic mass is 10.2. The van der Waals surface area contributed by atoms with Crippen molar-refractivity contribution in [1.82, 2.24) is 0 Å². The van der Waals surface area contributed by atoms with Gasteiger partial charge in [-0.25, -0.2) is 0 Å². The van der Waals surface area contributed by atoms with Crippen molar-refractivity contribution >= 4 is 21.9 Å². The summed E-state index contributed by atoms with van der Waals surface area (Å²) < 4.78 is 29.6. The molecule has 0 aliphatic carbocycles. The molecule has 0 bridgehead atoms. The minimum atomic E-state index is -4.02. The van der Waals surface area contributed by atoms with Crippen LogP contribution >= 0.6 is 11.8 Å². The summed E-state index contributed by atoms with van der Waals surface area (Å²) in [4.78, 5) is -0.0666. The van der Waals surface area contributed by atoms with E-state index in [2.05, 4.69) is 0 Å². The molecule has 0 aromatic heterocycles. The fourth-order valence-electron chi connectivity index (χ4n) is 1.23. The fourth-order valence-corrected chi connectivity index (χ4v) is 2.76. The predicted molar refractivity (Wildman–Crippen MR) is 68.9 cm³/mol. The van der Waals surface area contributed by atoms with Crippen LogP contribution < -0.4 is 0 Å². The molecule has 2 N–H and O–H groups in total. The van der Waals surface area contributed by atoms with Gasteiger partial charge < -0.3 is 5.11 Å². The minimum Gasteiger partial charge on any atom is -0.392 e. The SMILES string of the molecule is Cc1ccc(S(=O)(=O)O)cc1.O[C@@H]1CCSC1. The van der Waals surface area contributed by atoms with Gasteiger partial charge in [0.15, 0.2) is 0 Å². The van der Waals surface area contributed by atoms with Crippen LogP contribution in [0.4, 0.5) is 0 Å². The highest BCUT2D eigenvalue weighted by Crippen LogP contribution is 2.15. The molecule has 2 rings (SSSR count). The first-order valence-corrected chi connectivity index (χ1v) is 7.79. The van der Waals surface area contributed by atoms with Crippen molar-refractivity contribution < 1.29 is 18.1 Å². The van der Waals surface area contributed by atoms with Gasteiger partial charge in [0.05, 0.1) is 11.0 Å². The molecule has 1 aliphatic rings. The van der Waals surface area contributed by atoms with E-state index in [4.69, 9.17) is 9.66 Å². The molecule has 0 spiro atoms. The van der Waals surface area contributed by atoms with Gasteiger partial charge >= 0.3 is 0 Å². The van der Waals surface area contributed by atoms with Gasteiger partial charge in [-0.1, -0.05) is 17.7 Å². The van der Waals surface area contributed by atoms with E-state index in [1.807, 2.05) is 18.7 Å². The summed E-state index contributed by atoms with van der Waals surface area (Å²) in [6.45, 7) is 1.84. The molecular weight excluding hydrogens is 260 g/mol. The number of rotatable bonds is 1. The Kier molecular flexibility index (Phi) is 5.45. The Balaban J connectivity index is 0.000000202. The Bertz CT molecular complexity index is 433. The van der Waals surface area contributed by atoms with Crippen LogP contribution in [-0.2, 0) is 10.1 Å². The first-order valence-electron chi connectivity index (χ1n) is 5.19. The second kappa shape index (κ2) is 6.39. The number of aliphatic hydroxyl groups is 1. The molecule has 6 heteroatoms. The summed E-state index contributed by atoms with van der Waals surface area (Å²) in [5.74, 6) is 2.11. The van der Waals surface area contributed by atoms with Crippen LogP contribution in [0.15, 0.2) is 29.2 Å². The Morgan fingerprint density at radius 1 is 1.29 bits per heavy atom. The highest BCUT2D eigenvalue weighted by Gasteiger charge is 2.09. The maximum Gasteiger partial charge on any atom is 0.294 e. The molecule has 1 heterocycles. The largest absolute Gasteiger partial charge is 0.392 e. The van der Waals surface area contributed by atoms with E-state index in [1.165, 1.54) is 12.1 Å². The molecule has 0 radical (unpaired) electrons. The molecule has 1 aliphatic heterocycles. The minimum absolute atomic E-state index is 0.00926. The zero-order valence-electron chi connectivity index (χ0n) is 9.54. The van der Waals surface area contributed by atoms with Gasteiger partial charge in [-0.2, -0.15) is 20.2 Å². The fraction of sp³-hybridized carbons (Fsp3) is 0.455. The number of hydrogen-bond acceptors (Lipinski definition) is 4. The molecular formula is C11H16O4S2. The second-order valence-corrected chi connectivity index (χ2v) is 6.38. The van der Waals surface area contributed by atoms with Gasteiger partial charge in [-0.3, -0.25) is 4.55 Å². The molecule has 1 saturated heterocycles. The molecule has 1 aromatic carbocycles. The first kappa shape index (κ1) is 14.5. The molecule has 0 saturated carbocycles. The molecule has 0 unspecified atom stereocenters. The lowest BCUT2D eigenvalue weighted by molar-refractivity contribution is 0.203.